The van der Waals surface area contributed by atoms with Crippen LogP contribution in [-0.2, 0) is 13.0 Å². The highest BCUT2D eigenvalue weighted by Gasteiger charge is 2.25. The van der Waals surface area contributed by atoms with Crippen molar-refractivity contribution in [2.24, 2.45) is 0 Å². The summed E-state index contributed by atoms with van der Waals surface area (Å²) in [7, 11) is 0. The molecule has 126 valence electrons. The molecule has 25 heavy (non-hydrogen) atoms. The largest absolute Gasteiger partial charge is 0.322 e. The number of hydrogen-bond donors (Lipinski definition) is 1. The Morgan fingerprint density at radius 2 is 2.08 bits per heavy atom. The number of fused-ring (bicyclic) bond motifs is 2. The van der Waals surface area contributed by atoms with E-state index in [0.29, 0.717) is 34.9 Å². The van der Waals surface area contributed by atoms with Gasteiger partial charge in [-0.25, -0.2) is 9.78 Å². The van der Waals surface area contributed by atoms with Gasteiger partial charge in [-0.3, -0.25) is 9.20 Å². The van der Waals surface area contributed by atoms with Crippen LogP contribution in [0.2, 0.25) is 5.02 Å². The Morgan fingerprint density at radius 1 is 1.20 bits per heavy atom. The molecule has 0 radical (unpaired) electrons. The second-order valence-corrected chi connectivity index (χ2v) is 6.32. The number of nitrogens with one attached hydrogen (secondary N) is 1. The number of pyridine rings is 1. The Balaban J connectivity index is 1.61. The highest BCUT2D eigenvalue weighted by molar-refractivity contribution is 6.30. The number of aromatic nitrogens is 2. The van der Waals surface area contributed by atoms with Crippen molar-refractivity contribution in [3.05, 3.63) is 75.3 Å². The first-order valence-electron chi connectivity index (χ1n) is 7.92. The molecule has 0 bridgehead atoms. The molecule has 3 heterocycles. The maximum absolute atomic E-state index is 12.7. The number of rotatable bonds is 1. The fraction of sp³-hybridized carbons (Fsp3) is 0.167. The zero-order valence-corrected chi connectivity index (χ0v) is 14.0. The van der Waals surface area contributed by atoms with Crippen molar-refractivity contribution < 1.29 is 4.79 Å². The fourth-order valence-electron chi connectivity index (χ4n) is 2.99. The standard InChI is InChI=1S/C18H15ClN4O2/c19-12-4-3-5-13(10-12)20-18(25)22-9-7-15-14(11-22)17(24)23-8-2-1-6-16(23)21-15/h1-6,8,10H,7,9,11H2,(H,20,25). The normalized spacial score (nSPS) is 13.6. The molecule has 1 aliphatic rings. The Hall–Kier alpha value is -2.86. The van der Waals surface area contributed by atoms with E-state index in [1.165, 1.54) is 4.40 Å². The SMILES string of the molecule is O=C(Nc1cccc(Cl)c1)N1CCc2nc3ccccn3c(=O)c2C1. The molecule has 1 aliphatic heterocycles. The summed E-state index contributed by atoms with van der Waals surface area (Å²) in [6, 6.07) is 12.1. The van der Waals surface area contributed by atoms with E-state index < -0.39 is 0 Å². The molecule has 1 aromatic carbocycles. The molecule has 0 spiro atoms. The van der Waals surface area contributed by atoms with Gasteiger partial charge in [-0.2, -0.15) is 0 Å². The maximum Gasteiger partial charge on any atom is 0.322 e. The van der Waals surface area contributed by atoms with Crippen molar-refractivity contribution in [2.45, 2.75) is 13.0 Å². The number of halogens is 1. The molecule has 3 aromatic rings. The average Bonchev–Trinajstić information content (AvgIpc) is 2.62. The second kappa shape index (κ2) is 6.22. The lowest BCUT2D eigenvalue weighted by Crippen LogP contribution is -2.42. The van der Waals surface area contributed by atoms with Crippen molar-refractivity contribution in [2.75, 3.05) is 11.9 Å². The van der Waals surface area contributed by atoms with Crippen LogP contribution in [0.4, 0.5) is 10.5 Å². The van der Waals surface area contributed by atoms with Gasteiger partial charge in [-0.1, -0.05) is 23.7 Å². The summed E-state index contributed by atoms with van der Waals surface area (Å²) in [5.41, 5.74) is 2.46. The third-order valence-electron chi connectivity index (χ3n) is 4.24. The van der Waals surface area contributed by atoms with Crippen LogP contribution in [0.15, 0.2) is 53.5 Å². The molecule has 7 heteroatoms. The summed E-state index contributed by atoms with van der Waals surface area (Å²) in [4.78, 5) is 31.4. The van der Waals surface area contributed by atoms with Crippen LogP contribution in [0.25, 0.3) is 5.65 Å². The average molecular weight is 355 g/mol. The molecule has 2 aromatic heterocycles. The van der Waals surface area contributed by atoms with Crippen molar-refractivity contribution in [3.63, 3.8) is 0 Å². The molecule has 4 rings (SSSR count). The van der Waals surface area contributed by atoms with Gasteiger partial charge >= 0.3 is 6.03 Å². The van der Waals surface area contributed by atoms with Gasteiger partial charge in [0, 0.05) is 29.9 Å². The van der Waals surface area contributed by atoms with Crippen LogP contribution < -0.4 is 10.9 Å². The predicted molar refractivity (Wildman–Crippen MR) is 96.0 cm³/mol. The summed E-state index contributed by atoms with van der Waals surface area (Å²) >= 11 is 5.94. The summed E-state index contributed by atoms with van der Waals surface area (Å²) in [5.74, 6) is 0. The molecule has 0 saturated heterocycles. The minimum atomic E-state index is -0.259. The van der Waals surface area contributed by atoms with Crippen LogP contribution in [0.1, 0.15) is 11.3 Å². The zero-order chi connectivity index (χ0) is 17.4. The van der Waals surface area contributed by atoms with Gasteiger partial charge < -0.3 is 10.2 Å². The Morgan fingerprint density at radius 3 is 2.92 bits per heavy atom. The molecular weight excluding hydrogens is 340 g/mol. The molecule has 0 aliphatic carbocycles. The van der Waals surface area contributed by atoms with E-state index in [4.69, 9.17) is 11.6 Å². The van der Waals surface area contributed by atoms with E-state index in [1.807, 2.05) is 6.07 Å². The predicted octanol–water partition coefficient (Wildman–Crippen LogP) is 2.94. The van der Waals surface area contributed by atoms with Gasteiger partial charge in [0.15, 0.2) is 0 Å². The van der Waals surface area contributed by atoms with Crippen LogP contribution in [0.3, 0.4) is 0 Å². The molecule has 2 amide bonds. The lowest BCUT2D eigenvalue weighted by atomic mass is 10.1. The van der Waals surface area contributed by atoms with Gasteiger partial charge in [0.1, 0.15) is 5.65 Å². The smallest absolute Gasteiger partial charge is 0.320 e. The highest BCUT2D eigenvalue weighted by atomic mass is 35.5. The third-order valence-corrected chi connectivity index (χ3v) is 4.48. The Bertz CT molecular complexity index is 1030. The summed E-state index contributed by atoms with van der Waals surface area (Å²) in [6.07, 6.45) is 2.24. The molecule has 0 fully saturated rings. The minimum Gasteiger partial charge on any atom is -0.320 e. The first-order chi connectivity index (χ1) is 12.1. The van der Waals surface area contributed by atoms with E-state index >= 15 is 0 Å². The Labute approximate surface area is 148 Å². The molecule has 6 nitrogen and oxygen atoms in total. The highest BCUT2D eigenvalue weighted by Crippen LogP contribution is 2.18. The summed E-state index contributed by atoms with van der Waals surface area (Å²) in [5, 5.41) is 3.36. The van der Waals surface area contributed by atoms with Gasteiger partial charge in [0.25, 0.3) is 5.56 Å². The van der Waals surface area contributed by atoms with E-state index in [1.54, 1.807) is 47.5 Å². The van der Waals surface area contributed by atoms with Gasteiger partial charge in [-0.15, -0.1) is 0 Å². The molecule has 0 unspecified atom stereocenters. The number of amides is 2. The molecule has 1 N–H and O–H groups in total. The Kier molecular flexibility index (Phi) is 3.89. The number of urea groups is 1. The van der Waals surface area contributed by atoms with E-state index in [0.717, 1.165) is 5.69 Å². The van der Waals surface area contributed by atoms with Crippen molar-refractivity contribution in [1.82, 2.24) is 14.3 Å². The topological polar surface area (TPSA) is 66.7 Å². The van der Waals surface area contributed by atoms with Crippen molar-refractivity contribution in [1.29, 1.82) is 0 Å². The molecule has 0 saturated carbocycles. The molecular formula is C18H15ClN4O2. The number of carbonyl (C=O) groups is 1. The monoisotopic (exact) mass is 354 g/mol. The minimum absolute atomic E-state index is 0.124. The van der Waals surface area contributed by atoms with E-state index in [9.17, 15) is 9.59 Å². The number of nitrogens with zero attached hydrogens (tertiary/aromatic N) is 3. The second-order valence-electron chi connectivity index (χ2n) is 5.88. The fourth-order valence-corrected chi connectivity index (χ4v) is 3.18. The first kappa shape index (κ1) is 15.7. The van der Waals surface area contributed by atoms with E-state index in [-0.39, 0.29) is 18.1 Å². The van der Waals surface area contributed by atoms with Crippen molar-refractivity contribution in [3.8, 4) is 0 Å². The molecule has 0 atom stereocenters. The maximum atomic E-state index is 12.7. The number of carbonyl (C=O) groups excluding carboxylic acids is 1. The lowest BCUT2D eigenvalue weighted by molar-refractivity contribution is 0.205. The first-order valence-corrected chi connectivity index (χ1v) is 8.30. The van der Waals surface area contributed by atoms with Crippen LogP contribution in [-0.4, -0.2) is 26.9 Å². The quantitative estimate of drug-likeness (QED) is 0.730. The van der Waals surface area contributed by atoms with Gasteiger partial charge in [0.2, 0.25) is 0 Å². The third kappa shape index (κ3) is 2.96. The van der Waals surface area contributed by atoms with Crippen LogP contribution >= 0.6 is 11.6 Å². The van der Waals surface area contributed by atoms with E-state index in [2.05, 4.69) is 10.3 Å². The van der Waals surface area contributed by atoms with Gasteiger partial charge in [-0.05, 0) is 30.3 Å². The summed E-state index contributed by atoms with van der Waals surface area (Å²) in [6.45, 7) is 0.750. The van der Waals surface area contributed by atoms with Crippen molar-refractivity contribution >= 4 is 29.0 Å². The van der Waals surface area contributed by atoms with Gasteiger partial charge in [0.05, 0.1) is 17.8 Å². The lowest BCUT2D eigenvalue weighted by Gasteiger charge is -2.28. The number of benzene rings is 1. The number of anilines is 1. The van der Waals surface area contributed by atoms with Crippen LogP contribution in [0.5, 0.6) is 0 Å². The number of hydrogen-bond acceptors (Lipinski definition) is 3. The summed E-state index contributed by atoms with van der Waals surface area (Å²) < 4.78 is 1.51. The van der Waals surface area contributed by atoms with Crippen LogP contribution in [0, 0.1) is 0 Å². The zero-order valence-electron chi connectivity index (χ0n) is 13.3.